The first-order valence-corrected chi connectivity index (χ1v) is 13.1. The van der Waals surface area contributed by atoms with Crippen LogP contribution in [0.2, 0.25) is 5.02 Å². The third-order valence-electron chi connectivity index (χ3n) is 6.06. The predicted octanol–water partition coefficient (Wildman–Crippen LogP) is 5.21. The van der Waals surface area contributed by atoms with Gasteiger partial charge in [0.25, 0.3) is 5.91 Å². The fourth-order valence-corrected chi connectivity index (χ4v) is 5.03. The Balaban J connectivity index is 1.35. The van der Waals surface area contributed by atoms with Crippen molar-refractivity contribution >= 4 is 46.3 Å². The normalized spacial score (nSPS) is 13.6. The number of benzene rings is 2. The van der Waals surface area contributed by atoms with Gasteiger partial charge in [0, 0.05) is 43.3 Å². The van der Waals surface area contributed by atoms with Crippen LogP contribution in [0.1, 0.15) is 29.3 Å². The average Bonchev–Trinajstić information content (AvgIpc) is 3.36. The van der Waals surface area contributed by atoms with Crippen LogP contribution in [-0.4, -0.2) is 66.1 Å². The number of hydrogen-bond acceptors (Lipinski definition) is 6. The van der Waals surface area contributed by atoms with Gasteiger partial charge in [-0.05, 0) is 50.2 Å². The molecular weight excluding hydrogens is 498 g/mol. The van der Waals surface area contributed by atoms with E-state index in [2.05, 4.69) is 15.2 Å². The summed E-state index contributed by atoms with van der Waals surface area (Å²) < 4.78 is 5.17. The number of nitrogens with one attached hydrogen (secondary N) is 1. The standard InChI is InChI=1S/C26H30ClN5O3S/c1-18(2)32(26(34)28-19-8-10-20(35-3)11-9-19)16-24-29-22(17-36-24)25(33)31-14-12-30(13-15-31)23-7-5-4-6-21(23)27/h4-11,17-18H,12-16H2,1-3H3,(H,28,34). The lowest BCUT2D eigenvalue weighted by Gasteiger charge is -2.36. The Morgan fingerprint density at radius 3 is 2.44 bits per heavy atom. The summed E-state index contributed by atoms with van der Waals surface area (Å²) in [5.41, 5.74) is 2.08. The summed E-state index contributed by atoms with van der Waals surface area (Å²) in [6.45, 7) is 6.83. The second kappa shape index (κ2) is 11.6. The smallest absolute Gasteiger partial charge is 0.322 e. The Morgan fingerprint density at radius 2 is 1.81 bits per heavy atom. The van der Waals surface area contributed by atoms with Crippen molar-refractivity contribution in [2.75, 3.05) is 43.5 Å². The molecule has 1 aliphatic rings. The summed E-state index contributed by atoms with van der Waals surface area (Å²) in [6, 6.07) is 14.6. The van der Waals surface area contributed by atoms with E-state index in [9.17, 15) is 9.59 Å². The van der Waals surface area contributed by atoms with Crippen molar-refractivity contribution in [1.29, 1.82) is 0 Å². The molecular formula is C26H30ClN5O3S. The number of nitrogens with zero attached hydrogens (tertiary/aromatic N) is 4. The van der Waals surface area contributed by atoms with E-state index in [0.717, 1.165) is 11.4 Å². The summed E-state index contributed by atoms with van der Waals surface area (Å²) in [6.07, 6.45) is 0. The highest BCUT2D eigenvalue weighted by molar-refractivity contribution is 7.09. The second-order valence-electron chi connectivity index (χ2n) is 8.74. The summed E-state index contributed by atoms with van der Waals surface area (Å²) in [4.78, 5) is 36.3. The largest absolute Gasteiger partial charge is 0.497 e. The molecule has 0 saturated carbocycles. The number of ether oxygens (including phenoxy) is 1. The van der Waals surface area contributed by atoms with Crippen molar-refractivity contribution in [2.24, 2.45) is 0 Å². The summed E-state index contributed by atoms with van der Waals surface area (Å²) in [5, 5.41) is 6.12. The van der Waals surface area contributed by atoms with Crippen LogP contribution < -0.4 is 15.0 Å². The fraction of sp³-hybridized carbons (Fsp3) is 0.346. The highest BCUT2D eigenvalue weighted by Gasteiger charge is 2.26. The number of rotatable bonds is 7. The minimum atomic E-state index is -0.228. The van der Waals surface area contributed by atoms with Crippen molar-refractivity contribution in [2.45, 2.75) is 26.4 Å². The molecule has 1 aliphatic heterocycles. The third kappa shape index (κ3) is 6.09. The van der Waals surface area contributed by atoms with Crippen LogP contribution in [0.4, 0.5) is 16.2 Å². The number of urea groups is 1. The number of carbonyl (C=O) groups excluding carboxylic acids is 2. The van der Waals surface area contributed by atoms with Crippen LogP contribution in [0.25, 0.3) is 0 Å². The number of methoxy groups -OCH3 is 1. The fourth-order valence-electron chi connectivity index (χ4n) is 4.01. The zero-order valence-electron chi connectivity index (χ0n) is 20.6. The second-order valence-corrected chi connectivity index (χ2v) is 10.1. The molecule has 0 spiro atoms. The van der Waals surface area contributed by atoms with Crippen LogP contribution in [-0.2, 0) is 6.54 Å². The van der Waals surface area contributed by atoms with E-state index in [4.69, 9.17) is 16.3 Å². The molecule has 3 amide bonds. The number of aromatic nitrogens is 1. The number of piperazine rings is 1. The molecule has 0 atom stereocenters. The van der Waals surface area contributed by atoms with Crippen molar-refractivity contribution in [3.8, 4) is 5.75 Å². The maximum atomic E-state index is 13.1. The Morgan fingerprint density at radius 1 is 1.11 bits per heavy atom. The Labute approximate surface area is 220 Å². The lowest BCUT2D eigenvalue weighted by molar-refractivity contribution is 0.0741. The average molecular weight is 528 g/mol. The molecule has 1 aromatic heterocycles. The van der Waals surface area contributed by atoms with Crippen molar-refractivity contribution in [3.63, 3.8) is 0 Å². The van der Waals surface area contributed by atoms with Gasteiger partial charge in [-0.25, -0.2) is 9.78 Å². The van der Waals surface area contributed by atoms with E-state index < -0.39 is 0 Å². The lowest BCUT2D eigenvalue weighted by atomic mass is 10.2. The molecule has 4 rings (SSSR count). The molecule has 36 heavy (non-hydrogen) atoms. The summed E-state index contributed by atoms with van der Waals surface area (Å²) in [7, 11) is 1.60. The molecule has 3 aromatic rings. The van der Waals surface area contributed by atoms with E-state index in [1.165, 1.54) is 11.3 Å². The molecule has 0 unspecified atom stereocenters. The molecule has 1 saturated heterocycles. The monoisotopic (exact) mass is 527 g/mol. The quantitative estimate of drug-likeness (QED) is 0.456. The first-order valence-electron chi connectivity index (χ1n) is 11.8. The number of anilines is 2. The van der Waals surface area contributed by atoms with Crippen molar-refractivity contribution in [3.05, 3.63) is 69.6 Å². The highest BCUT2D eigenvalue weighted by atomic mass is 35.5. The van der Waals surface area contributed by atoms with Gasteiger partial charge in [-0.3, -0.25) is 4.79 Å². The SMILES string of the molecule is COc1ccc(NC(=O)N(Cc2nc(C(=O)N3CCN(c4ccccc4Cl)CC3)cs2)C(C)C)cc1. The van der Waals surface area contributed by atoms with E-state index in [1.54, 1.807) is 41.7 Å². The maximum absolute atomic E-state index is 13.1. The van der Waals surface area contributed by atoms with Crippen LogP contribution in [0.5, 0.6) is 5.75 Å². The molecule has 2 aromatic carbocycles. The minimum absolute atomic E-state index is 0.0517. The van der Waals surface area contributed by atoms with Crippen LogP contribution in [0.15, 0.2) is 53.9 Å². The van der Waals surface area contributed by atoms with Crippen molar-refractivity contribution in [1.82, 2.24) is 14.8 Å². The predicted molar refractivity (Wildman–Crippen MR) is 144 cm³/mol. The number of halogens is 1. The Hall–Kier alpha value is -3.30. The maximum Gasteiger partial charge on any atom is 0.322 e. The van der Waals surface area contributed by atoms with Crippen LogP contribution in [0, 0.1) is 0 Å². The molecule has 2 heterocycles. The molecule has 190 valence electrons. The van der Waals surface area contributed by atoms with Crippen LogP contribution in [0.3, 0.4) is 0 Å². The van der Waals surface area contributed by atoms with Gasteiger partial charge < -0.3 is 24.8 Å². The number of thiazole rings is 1. The van der Waals surface area contributed by atoms with E-state index >= 15 is 0 Å². The lowest BCUT2D eigenvalue weighted by Crippen LogP contribution is -2.49. The highest BCUT2D eigenvalue weighted by Crippen LogP contribution is 2.26. The van der Waals surface area contributed by atoms with E-state index in [0.29, 0.717) is 54.1 Å². The zero-order valence-corrected chi connectivity index (χ0v) is 22.2. The first-order chi connectivity index (χ1) is 17.4. The number of carbonyl (C=O) groups is 2. The van der Waals surface area contributed by atoms with Gasteiger partial charge in [0.05, 0.1) is 24.4 Å². The van der Waals surface area contributed by atoms with Crippen molar-refractivity contribution < 1.29 is 14.3 Å². The molecule has 0 radical (unpaired) electrons. The first kappa shape index (κ1) is 25.8. The number of hydrogen-bond donors (Lipinski definition) is 1. The molecule has 1 N–H and O–H groups in total. The van der Waals surface area contributed by atoms with Gasteiger partial charge in [0.2, 0.25) is 0 Å². The van der Waals surface area contributed by atoms with Gasteiger partial charge in [0.1, 0.15) is 16.5 Å². The molecule has 8 nitrogen and oxygen atoms in total. The number of para-hydroxylation sites is 1. The molecule has 0 bridgehead atoms. The van der Waals surface area contributed by atoms with Gasteiger partial charge in [-0.15, -0.1) is 11.3 Å². The van der Waals surface area contributed by atoms with Crippen LogP contribution >= 0.6 is 22.9 Å². The summed E-state index contributed by atoms with van der Waals surface area (Å²) >= 11 is 7.72. The third-order valence-corrected chi connectivity index (χ3v) is 7.22. The Kier molecular flexibility index (Phi) is 8.32. The van der Waals surface area contributed by atoms with E-state index in [1.807, 2.05) is 43.0 Å². The topological polar surface area (TPSA) is 78.0 Å². The molecule has 0 aliphatic carbocycles. The van der Waals surface area contributed by atoms with Gasteiger partial charge in [-0.1, -0.05) is 23.7 Å². The van der Waals surface area contributed by atoms with Gasteiger partial charge in [-0.2, -0.15) is 0 Å². The zero-order chi connectivity index (χ0) is 25.7. The molecule has 1 fully saturated rings. The number of amides is 3. The Bertz CT molecular complexity index is 1190. The minimum Gasteiger partial charge on any atom is -0.497 e. The van der Waals surface area contributed by atoms with Gasteiger partial charge >= 0.3 is 6.03 Å². The van der Waals surface area contributed by atoms with E-state index in [-0.39, 0.29) is 18.0 Å². The summed E-state index contributed by atoms with van der Waals surface area (Å²) in [5.74, 6) is 0.633. The molecule has 10 heteroatoms. The van der Waals surface area contributed by atoms with Gasteiger partial charge in [0.15, 0.2) is 0 Å².